The Morgan fingerprint density at radius 3 is 2.31 bits per heavy atom. The predicted octanol–water partition coefficient (Wildman–Crippen LogP) is 5.44. The quantitative estimate of drug-likeness (QED) is 0.245. The lowest BCUT2D eigenvalue weighted by atomic mass is 10.00. The number of carbonyl (C=O) groups excluding carboxylic acids is 2. The molecule has 0 unspecified atom stereocenters. The number of nitrogens with zero attached hydrogens (tertiary/aromatic N) is 1. The molecule has 35 heavy (non-hydrogen) atoms. The Bertz CT molecular complexity index is 1460. The van der Waals surface area contributed by atoms with E-state index in [9.17, 15) is 14.4 Å². The van der Waals surface area contributed by atoms with Gasteiger partial charge in [0, 0.05) is 23.1 Å². The van der Waals surface area contributed by atoms with Crippen LogP contribution in [-0.2, 0) is 15.9 Å². The molecule has 2 aromatic heterocycles. The zero-order chi connectivity index (χ0) is 24.9. The number of aryl methyl sites for hydroxylation is 1. The molecule has 4 rings (SSSR count). The van der Waals surface area contributed by atoms with E-state index in [1.165, 1.54) is 6.07 Å². The maximum Gasteiger partial charge on any atom is 0.374 e. The normalized spacial score (nSPS) is 10.9. The molecule has 2 heterocycles. The van der Waals surface area contributed by atoms with Gasteiger partial charge in [-0.25, -0.2) is 14.6 Å². The third-order valence-electron chi connectivity index (χ3n) is 5.29. The molecule has 0 bridgehead atoms. The number of fused-ring (bicyclic) bond motifs is 2. The largest absolute Gasteiger partial charge is 0.461 e. The van der Waals surface area contributed by atoms with Gasteiger partial charge in [-0.2, -0.15) is 0 Å². The van der Waals surface area contributed by atoms with E-state index in [4.69, 9.17) is 18.6 Å². The number of para-hydroxylation sites is 1. The van der Waals surface area contributed by atoms with Crippen molar-refractivity contribution in [1.82, 2.24) is 4.98 Å². The summed E-state index contributed by atoms with van der Waals surface area (Å²) in [5.74, 6) is -0.621. The van der Waals surface area contributed by atoms with E-state index in [0.717, 1.165) is 6.07 Å². The molecule has 4 aromatic rings. The van der Waals surface area contributed by atoms with Crippen molar-refractivity contribution in [3.8, 4) is 11.5 Å². The monoisotopic (exact) mass is 475 g/mol. The fraction of sp³-hybridized carbons (Fsp3) is 0.259. The smallest absolute Gasteiger partial charge is 0.374 e. The minimum absolute atomic E-state index is 0.0610. The van der Waals surface area contributed by atoms with E-state index < -0.39 is 17.4 Å². The maximum absolute atomic E-state index is 13.0. The molecular weight excluding hydrogens is 450 g/mol. The van der Waals surface area contributed by atoms with E-state index in [2.05, 4.69) is 4.98 Å². The van der Waals surface area contributed by atoms with E-state index >= 15 is 0 Å². The van der Waals surface area contributed by atoms with Crippen LogP contribution in [0.15, 0.2) is 57.7 Å². The topological polar surface area (TPSA) is 105 Å². The highest BCUT2D eigenvalue weighted by atomic mass is 16.5. The van der Waals surface area contributed by atoms with Crippen LogP contribution in [0.4, 0.5) is 0 Å². The highest BCUT2D eigenvalue weighted by Crippen LogP contribution is 2.36. The fourth-order valence-corrected chi connectivity index (χ4v) is 3.81. The van der Waals surface area contributed by atoms with Gasteiger partial charge in [0.15, 0.2) is 11.1 Å². The summed E-state index contributed by atoms with van der Waals surface area (Å²) in [6.07, 6.45) is 1.18. The third kappa shape index (κ3) is 4.87. The summed E-state index contributed by atoms with van der Waals surface area (Å²) in [5, 5.41) is 0.812. The van der Waals surface area contributed by atoms with E-state index in [-0.39, 0.29) is 35.6 Å². The summed E-state index contributed by atoms with van der Waals surface area (Å²) < 4.78 is 22.2. The minimum Gasteiger partial charge on any atom is -0.461 e. The molecule has 0 fully saturated rings. The number of rotatable bonds is 8. The number of hydrogen-bond acceptors (Lipinski definition) is 8. The first-order chi connectivity index (χ1) is 17.0. The van der Waals surface area contributed by atoms with Crippen LogP contribution in [-0.4, -0.2) is 30.1 Å². The van der Waals surface area contributed by atoms with Crippen LogP contribution in [0.25, 0.3) is 21.9 Å². The first kappa shape index (κ1) is 23.9. The van der Waals surface area contributed by atoms with Gasteiger partial charge >= 0.3 is 11.9 Å². The lowest BCUT2D eigenvalue weighted by molar-refractivity contribution is 0.0488. The van der Waals surface area contributed by atoms with Gasteiger partial charge in [0.1, 0.15) is 17.1 Å². The molecular formula is C27H25NO7. The molecule has 0 aliphatic rings. The van der Waals surface area contributed by atoms with Crippen molar-refractivity contribution in [1.29, 1.82) is 0 Å². The fourth-order valence-electron chi connectivity index (χ4n) is 3.81. The summed E-state index contributed by atoms with van der Waals surface area (Å²) in [6.45, 7) is 5.67. The van der Waals surface area contributed by atoms with Gasteiger partial charge in [-0.3, -0.25) is 4.79 Å². The van der Waals surface area contributed by atoms with Gasteiger partial charge in [0.05, 0.1) is 24.1 Å². The molecule has 0 spiro atoms. The minimum atomic E-state index is -0.727. The average molecular weight is 475 g/mol. The average Bonchev–Trinajstić information content (AvgIpc) is 2.85. The van der Waals surface area contributed by atoms with Gasteiger partial charge in [-0.1, -0.05) is 31.5 Å². The molecule has 180 valence electrons. The first-order valence-electron chi connectivity index (χ1n) is 11.5. The lowest BCUT2D eigenvalue weighted by Crippen LogP contribution is -2.12. The van der Waals surface area contributed by atoms with Crippen molar-refractivity contribution < 1.29 is 28.2 Å². The van der Waals surface area contributed by atoms with E-state index in [1.807, 2.05) is 25.1 Å². The van der Waals surface area contributed by atoms with Crippen molar-refractivity contribution in [2.75, 3.05) is 13.2 Å². The van der Waals surface area contributed by atoms with Crippen LogP contribution in [0.5, 0.6) is 11.5 Å². The number of benzene rings is 2. The lowest BCUT2D eigenvalue weighted by Gasteiger charge is -2.15. The van der Waals surface area contributed by atoms with Crippen LogP contribution in [0.1, 0.15) is 53.8 Å². The van der Waals surface area contributed by atoms with Crippen LogP contribution >= 0.6 is 0 Å². The highest BCUT2D eigenvalue weighted by Gasteiger charge is 2.22. The maximum atomic E-state index is 13.0. The first-order valence-corrected chi connectivity index (χ1v) is 11.5. The second kappa shape index (κ2) is 10.4. The van der Waals surface area contributed by atoms with Gasteiger partial charge in [0.25, 0.3) is 0 Å². The SMILES string of the molecule is CCCc1c2nc(C(=O)OCC)cc(Oc3ccccc3)c2cc2c(=O)cc(C(=O)OCC)oc12. The van der Waals surface area contributed by atoms with E-state index in [1.54, 1.807) is 32.0 Å². The summed E-state index contributed by atoms with van der Waals surface area (Å²) in [7, 11) is 0. The van der Waals surface area contributed by atoms with Gasteiger partial charge in [-0.15, -0.1) is 0 Å². The molecule has 2 aromatic carbocycles. The number of ether oxygens (including phenoxy) is 3. The second-order valence-electron chi connectivity index (χ2n) is 7.71. The number of aromatic nitrogens is 1. The van der Waals surface area contributed by atoms with Crippen molar-refractivity contribution >= 4 is 33.8 Å². The molecule has 0 N–H and O–H groups in total. The number of esters is 2. The van der Waals surface area contributed by atoms with Crippen LogP contribution < -0.4 is 10.2 Å². The third-order valence-corrected chi connectivity index (χ3v) is 5.29. The van der Waals surface area contributed by atoms with Crippen molar-refractivity contribution in [2.24, 2.45) is 0 Å². The Morgan fingerprint density at radius 1 is 0.914 bits per heavy atom. The van der Waals surface area contributed by atoms with Gasteiger partial charge < -0.3 is 18.6 Å². The molecule has 8 heteroatoms. The van der Waals surface area contributed by atoms with Crippen molar-refractivity contribution in [3.05, 3.63) is 75.8 Å². The van der Waals surface area contributed by atoms with Gasteiger partial charge in [-0.05, 0) is 38.5 Å². The zero-order valence-electron chi connectivity index (χ0n) is 19.8. The van der Waals surface area contributed by atoms with Crippen LogP contribution in [0.3, 0.4) is 0 Å². The zero-order valence-corrected chi connectivity index (χ0v) is 19.8. The Hall–Kier alpha value is -4.20. The standard InChI is InChI=1S/C27H25NO7/c1-4-10-17-24-19(13-18-21(29)15-23(35-25(17)18)27(31)33-6-3)22(34-16-11-8-7-9-12-16)14-20(28-24)26(30)32-5-2/h7-9,11-15H,4-6,10H2,1-3H3. The van der Waals surface area contributed by atoms with Crippen LogP contribution in [0.2, 0.25) is 0 Å². The van der Waals surface area contributed by atoms with Crippen molar-refractivity contribution in [2.45, 2.75) is 33.6 Å². The summed E-state index contributed by atoms with van der Waals surface area (Å²) in [4.78, 5) is 42.5. The molecule has 0 saturated heterocycles. The number of hydrogen-bond donors (Lipinski definition) is 0. The molecule has 0 aliphatic carbocycles. The Labute approximate surface area is 201 Å². The molecule has 0 amide bonds. The van der Waals surface area contributed by atoms with Crippen LogP contribution in [0, 0.1) is 0 Å². The molecule has 0 atom stereocenters. The summed E-state index contributed by atoms with van der Waals surface area (Å²) in [5.41, 5.74) is 0.918. The second-order valence-corrected chi connectivity index (χ2v) is 7.71. The molecule has 0 radical (unpaired) electrons. The van der Waals surface area contributed by atoms with Gasteiger partial charge in [0.2, 0.25) is 5.76 Å². The predicted molar refractivity (Wildman–Crippen MR) is 130 cm³/mol. The number of pyridine rings is 1. The summed E-state index contributed by atoms with van der Waals surface area (Å²) >= 11 is 0. The highest BCUT2D eigenvalue weighted by molar-refractivity contribution is 6.03. The Balaban J connectivity index is 2.06. The Morgan fingerprint density at radius 2 is 1.63 bits per heavy atom. The Kier molecular flexibility index (Phi) is 7.10. The van der Waals surface area contributed by atoms with E-state index in [0.29, 0.717) is 40.8 Å². The summed E-state index contributed by atoms with van der Waals surface area (Å²) in [6, 6.07) is 13.3. The molecule has 0 saturated carbocycles. The molecule has 0 aliphatic heterocycles. The number of carbonyl (C=O) groups is 2. The van der Waals surface area contributed by atoms with Crippen molar-refractivity contribution in [3.63, 3.8) is 0 Å². The molecule has 8 nitrogen and oxygen atoms in total.